The van der Waals surface area contributed by atoms with Gasteiger partial charge in [0.15, 0.2) is 0 Å². The van der Waals surface area contributed by atoms with Gasteiger partial charge in [-0.15, -0.1) is 0 Å². The predicted molar refractivity (Wildman–Crippen MR) is 88.5 cm³/mol. The highest BCUT2D eigenvalue weighted by Gasteiger charge is 2.08. The molecule has 0 radical (unpaired) electrons. The summed E-state index contributed by atoms with van der Waals surface area (Å²) in [6.45, 7) is 11.0. The summed E-state index contributed by atoms with van der Waals surface area (Å²) in [5.74, 6) is 0.584. The summed E-state index contributed by atoms with van der Waals surface area (Å²) >= 11 is 0. The Morgan fingerprint density at radius 1 is 0.850 bits per heavy atom. The Morgan fingerprint density at radius 3 is 2.10 bits per heavy atom. The van der Waals surface area contributed by atoms with Gasteiger partial charge in [0.25, 0.3) is 0 Å². The number of hydrogen-bond acceptors (Lipinski definition) is 1. The summed E-state index contributed by atoms with van der Waals surface area (Å²) in [4.78, 5) is 0. The van der Waals surface area contributed by atoms with E-state index < -0.39 is 0 Å². The van der Waals surface area contributed by atoms with Crippen molar-refractivity contribution in [1.82, 2.24) is 0 Å². The minimum absolute atomic E-state index is 0.319. The molecule has 0 heterocycles. The molecule has 1 nitrogen and oxygen atoms in total. The molecule has 0 aliphatic heterocycles. The second-order valence-electron chi connectivity index (χ2n) is 6.00. The molecule has 0 saturated carbocycles. The fourth-order valence-electron chi connectivity index (χ4n) is 2.52. The van der Waals surface area contributed by atoms with Crippen LogP contribution in [0, 0.1) is 13.8 Å². The Morgan fingerprint density at radius 2 is 1.50 bits per heavy atom. The van der Waals surface area contributed by atoms with E-state index >= 15 is 0 Å². The predicted octanol–water partition coefficient (Wildman–Crippen LogP) is 5.60. The second kappa shape index (κ2) is 6.13. The molecule has 20 heavy (non-hydrogen) atoms. The van der Waals surface area contributed by atoms with Crippen LogP contribution >= 0.6 is 0 Å². The highest BCUT2D eigenvalue weighted by molar-refractivity contribution is 5.48. The van der Waals surface area contributed by atoms with E-state index in [9.17, 15) is 0 Å². The minimum Gasteiger partial charge on any atom is -0.379 e. The van der Waals surface area contributed by atoms with Crippen molar-refractivity contribution in [3.05, 3.63) is 64.7 Å². The van der Waals surface area contributed by atoms with Gasteiger partial charge in [0.2, 0.25) is 0 Å². The van der Waals surface area contributed by atoms with Gasteiger partial charge in [-0.2, -0.15) is 0 Å². The molecule has 0 amide bonds. The lowest BCUT2D eigenvalue weighted by Gasteiger charge is -2.19. The van der Waals surface area contributed by atoms with Crippen LogP contribution in [0.1, 0.15) is 55.0 Å². The molecule has 1 N–H and O–H groups in total. The molecule has 0 saturated heterocycles. The highest BCUT2D eigenvalue weighted by Crippen LogP contribution is 2.24. The number of aryl methyl sites for hydroxylation is 2. The molecule has 0 fully saturated rings. The van der Waals surface area contributed by atoms with Crippen molar-refractivity contribution in [2.75, 3.05) is 5.32 Å². The monoisotopic (exact) mass is 267 g/mol. The van der Waals surface area contributed by atoms with Crippen LogP contribution in [0.5, 0.6) is 0 Å². The lowest BCUT2D eigenvalue weighted by Crippen LogP contribution is -2.08. The van der Waals surface area contributed by atoms with E-state index in [1.807, 2.05) is 0 Å². The Hall–Kier alpha value is -1.76. The van der Waals surface area contributed by atoms with Crippen molar-refractivity contribution in [2.24, 2.45) is 0 Å². The van der Waals surface area contributed by atoms with Gasteiger partial charge in [-0.1, -0.05) is 49.7 Å². The van der Waals surface area contributed by atoms with Crippen molar-refractivity contribution in [2.45, 2.75) is 46.6 Å². The maximum absolute atomic E-state index is 3.59. The number of nitrogens with one attached hydrogen (secondary N) is 1. The minimum atomic E-state index is 0.319. The molecule has 0 aromatic heterocycles. The third kappa shape index (κ3) is 3.41. The van der Waals surface area contributed by atoms with Crippen LogP contribution in [0.4, 0.5) is 5.69 Å². The second-order valence-corrected chi connectivity index (χ2v) is 6.00. The summed E-state index contributed by atoms with van der Waals surface area (Å²) in [7, 11) is 0. The average molecular weight is 267 g/mol. The van der Waals surface area contributed by atoms with Crippen molar-refractivity contribution < 1.29 is 0 Å². The van der Waals surface area contributed by atoms with E-state index in [1.165, 1.54) is 27.9 Å². The van der Waals surface area contributed by atoms with E-state index in [1.54, 1.807) is 0 Å². The largest absolute Gasteiger partial charge is 0.379 e. The molecular formula is C19H25N. The first-order chi connectivity index (χ1) is 9.47. The summed E-state index contributed by atoms with van der Waals surface area (Å²) in [6.07, 6.45) is 0. The maximum Gasteiger partial charge on any atom is 0.0488 e. The third-order valence-electron chi connectivity index (χ3n) is 3.86. The molecule has 0 aliphatic rings. The molecule has 2 aromatic carbocycles. The Kier molecular flexibility index (Phi) is 4.49. The van der Waals surface area contributed by atoms with Gasteiger partial charge in [-0.25, -0.2) is 0 Å². The summed E-state index contributed by atoms with van der Waals surface area (Å²) in [6, 6.07) is 15.7. The average Bonchev–Trinajstić information content (AvgIpc) is 2.42. The van der Waals surface area contributed by atoms with E-state index in [-0.39, 0.29) is 0 Å². The van der Waals surface area contributed by atoms with Crippen molar-refractivity contribution in [3.8, 4) is 0 Å². The molecule has 106 valence electrons. The quantitative estimate of drug-likeness (QED) is 0.760. The van der Waals surface area contributed by atoms with Gasteiger partial charge in [0.05, 0.1) is 0 Å². The van der Waals surface area contributed by atoms with Crippen molar-refractivity contribution in [3.63, 3.8) is 0 Å². The van der Waals surface area contributed by atoms with Crippen LogP contribution < -0.4 is 5.32 Å². The Balaban J connectivity index is 2.14. The van der Waals surface area contributed by atoms with Gasteiger partial charge in [-0.05, 0) is 55.5 Å². The van der Waals surface area contributed by atoms with Crippen molar-refractivity contribution in [1.29, 1.82) is 0 Å². The van der Waals surface area contributed by atoms with Gasteiger partial charge in [-0.3, -0.25) is 0 Å². The fourth-order valence-corrected chi connectivity index (χ4v) is 2.52. The first-order valence-corrected chi connectivity index (χ1v) is 7.41. The third-order valence-corrected chi connectivity index (χ3v) is 3.86. The first-order valence-electron chi connectivity index (χ1n) is 7.41. The summed E-state index contributed by atoms with van der Waals surface area (Å²) in [5.41, 5.74) is 6.60. The van der Waals surface area contributed by atoms with Gasteiger partial charge >= 0.3 is 0 Å². The standard InChI is InChI=1S/C19H25N/c1-13(2)17-8-10-18(11-9-17)20-16(5)19-12-14(3)6-7-15(19)4/h6-13,16,20H,1-5H3. The SMILES string of the molecule is Cc1ccc(C)c(C(C)Nc2ccc(C(C)C)cc2)c1. The van der Waals surface area contributed by atoms with Gasteiger partial charge in [0.1, 0.15) is 0 Å². The molecule has 1 unspecified atom stereocenters. The molecule has 0 spiro atoms. The van der Waals surface area contributed by atoms with E-state index in [0.717, 1.165) is 0 Å². The lowest BCUT2D eigenvalue weighted by atomic mass is 9.99. The molecule has 0 bridgehead atoms. The van der Waals surface area contributed by atoms with Crippen LogP contribution in [-0.4, -0.2) is 0 Å². The Labute approximate surface area is 123 Å². The van der Waals surface area contributed by atoms with Crippen LogP contribution in [0.15, 0.2) is 42.5 Å². The molecule has 0 aliphatic carbocycles. The maximum atomic E-state index is 3.59. The normalized spacial score (nSPS) is 12.5. The fraction of sp³-hybridized carbons (Fsp3) is 0.368. The summed E-state index contributed by atoms with van der Waals surface area (Å²) in [5, 5.41) is 3.59. The van der Waals surface area contributed by atoms with E-state index in [2.05, 4.69) is 82.4 Å². The van der Waals surface area contributed by atoms with Crippen LogP contribution in [0.2, 0.25) is 0 Å². The van der Waals surface area contributed by atoms with Gasteiger partial charge < -0.3 is 5.32 Å². The molecule has 1 heteroatoms. The number of rotatable bonds is 4. The lowest BCUT2D eigenvalue weighted by molar-refractivity contribution is 0.859. The van der Waals surface area contributed by atoms with E-state index in [4.69, 9.17) is 0 Å². The zero-order valence-corrected chi connectivity index (χ0v) is 13.2. The number of anilines is 1. The molecular weight excluding hydrogens is 242 g/mol. The molecule has 2 rings (SSSR count). The Bertz CT molecular complexity index is 567. The van der Waals surface area contributed by atoms with E-state index in [0.29, 0.717) is 12.0 Å². The van der Waals surface area contributed by atoms with Crippen LogP contribution in [0.25, 0.3) is 0 Å². The van der Waals surface area contributed by atoms with Crippen molar-refractivity contribution >= 4 is 5.69 Å². The first kappa shape index (κ1) is 14.6. The molecule has 2 aromatic rings. The molecule has 1 atom stereocenters. The number of benzene rings is 2. The van der Waals surface area contributed by atoms with Crippen LogP contribution in [0.3, 0.4) is 0 Å². The van der Waals surface area contributed by atoms with Crippen LogP contribution in [-0.2, 0) is 0 Å². The smallest absolute Gasteiger partial charge is 0.0488 e. The highest BCUT2D eigenvalue weighted by atomic mass is 14.9. The zero-order chi connectivity index (χ0) is 14.7. The number of hydrogen-bond donors (Lipinski definition) is 1. The topological polar surface area (TPSA) is 12.0 Å². The zero-order valence-electron chi connectivity index (χ0n) is 13.2. The summed E-state index contributed by atoms with van der Waals surface area (Å²) < 4.78 is 0. The van der Waals surface area contributed by atoms with Gasteiger partial charge in [0, 0.05) is 11.7 Å².